The monoisotopic (exact) mass is 432 g/mol. The summed E-state index contributed by atoms with van der Waals surface area (Å²) in [6.07, 6.45) is 2.78. The Bertz CT molecular complexity index is 999. The third-order valence-electron chi connectivity index (χ3n) is 6.52. The summed E-state index contributed by atoms with van der Waals surface area (Å²) in [5, 5.41) is 12.2. The van der Waals surface area contributed by atoms with E-state index in [1.54, 1.807) is 12.1 Å². The molecule has 166 valence electrons. The van der Waals surface area contributed by atoms with Crippen LogP contribution in [0, 0.1) is 10.8 Å². The van der Waals surface area contributed by atoms with Crippen molar-refractivity contribution in [3.05, 3.63) is 42.5 Å². The van der Waals surface area contributed by atoms with Gasteiger partial charge in [0.25, 0.3) is 0 Å². The zero-order valence-corrected chi connectivity index (χ0v) is 18.4. The Morgan fingerprint density at radius 1 is 1.13 bits per heavy atom. The highest BCUT2D eigenvalue weighted by molar-refractivity contribution is 7.89. The first-order valence-corrected chi connectivity index (χ1v) is 11.9. The molecule has 1 saturated heterocycles. The fourth-order valence-corrected chi connectivity index (χ4v) is 7.14. The maximum Gasteiger partial charge on any atom is 0.241 e. The Morgan fingerprint density at radius 3 is 2.60 bits per heavy atom. The molecule has 0 amide bonds. The number of rotatable bonds is 6. The number of nitrogens with zero attached hydrogens (tertiary/aromatic N) is 1. The summed E-state index contributed by atoms with van der Waals surface area (Å²) in [5.41, 5.74) is 0.627. The average Bonchev–Trinajstić information content (AvgIpc) is 2.87. The zero-order valence-electron chi connectivity index (χ0n) is 17.6. The van der Waals surface area contributed by atoms with Crippen LogP contribution in [0.2, 0.25) is 0 Å². The van der Waals surface area contributed by atoms with Crippen LogP contribution >= 0.6 is 0 Å². The first-order chi connectivity index (χ1) is 13.6. The Kier molecular flexibility index (Phi) is 6.36. The second kappa shape index (κ2) is 8.23. The summed E-state index contributed by atoms with van der Waals surface area (Å²) < 4.78 is 28.4. The lowest BCUT2D eigenvalue weighted by molar-refractivity contribution is 0.0943. The van der Waals surface area contributed by atoms with Crippen molar-refractivity contribution in [1.29, 1.82) is 0 Å². The number of β-amino-alcohol motifs (C(OH)–C–C–N with tert-alkyl or cyclic N) is 1. The Hall–Kier alpha value is -1.47. The molecule has 2 bridgehead atoms. The first-order valence-electron chi connectivity index (χ1n) is 10.5. The highest BCUT2D eigenvalue weighted by atomic mass is 32.2. The van der Waals surface area contributed by atoms with Crippen LogP contribution in [0.4, 0.5) is 0 Å². The molecule has 2 N–H and O–H groups in total. The van der Waals surface area contributed by atoms with Crippen molar-refractivity contribution in [3.63, 3.8) is 0 Å². The fourth-order valence-electron chi connectivity index (χ4n) is 5.84. The van der Waals surface area contributed by atoms with E-state index in [-0.39, 0.29) is 18.9 Å². The van der Waals surface area contributed by atoms with Gasteiger partial charge in [-0.05, 0) is 41.5 Å². The van der Waals surface area contributed by atoms with Crippen molar-refractivity contribution in [2.24, 2.45) is 10.8 Å². The van der Waals surface area contributed by atoms with Crippen molar-refractivity contribution >= 4 is 20.8 Å². The largest absolute Gasteiger partial charge is 0.390 e. The maximum atomic E-state index is 12.9. The molecule has 5 nitrogen and oxygen atoms in total. The summed E-state index contributed by atoms with van der Waals surface area (Å²) in [4.78, 5) is 2.63. The van der Waals surface area contributed by atoms with Crippen LogP contribution in [-0.2, 0) is 10.0 Å². The molecule has 3 atom stereocenters. The third kappa shape index (κ3) is 4.72. The number of hydrogen-bond donors (Lipinski definition) is 2. The predicted octanol–water partition coefficient (Wildman–Crippen LogP) is 4.02. The van der Waals surface area contributed by atoms with E-state index in [0.717, 1.165) is 18.4 Å². The lowest BCUT2D eigenvalue weighted by Crippen LogP contribution is -2.42. The number of likely N-dealkylation sites (tertiary alicyclic amines) is 1. The standard InChI is InChI=1S/C23H32N2O3S.CH4/c1-22(2)11-18-12-23(3,15-22)16-25(18)14-19(26)13-24-29(27,28)21-10-6-8-17-7-4-5-9-20(17)21;/h4-10,18-19,24,26H,11-16H2,1-3H3;1H4/t18?,19-,23+;/m0./s1. The molecule has 2 aromatic rings. The summed E-state index contributed by atoms with van der Waals surface area (Å²) in [5.74, 6) is 0. The topological polar surface area (TPSA) is 69.6 Å². The van der Waals surface area contributed by atoms with E-state index < -0.39 is 16.1 Å². The summed E-state index contributed by atoms with van der Waals surface area (Å²) in [6, 6.07) is 13.2. The highest BCUT2D eigenvalue weighted by Crippen LogP contribution is 2.52. The Morgan fingerprint density at radius 2 is 1.83 bits per heavy atom. The number of nitrogens with one attached hydrogen (secondary N) is 1. The molecular weight excluding hydrogens is 396 g/mol. The second-order valence-corrected chi connectivity index (χ2v) is 11.9. The smallest absolute Gasteiger partial charge is 0.241 e. The predicted molar refractivity (Wildman–Crippen MR) is 123 cm³/mol. The molecule has 1 aliphatic carbocycles. The van der Waals surface area contributed by atoms with E-state index in [1.807, 2.05) is 30.3 Å². The molecule has 1 heterocycles. The minimum absolute atomic E-state index is 0. The van der Waals surface area contributed by atoms with Gasteiger partial charge >= 0.3 is 0 Å². The van der Waals surface area contributed by atoms with Gasteiger partial charge in [-0.25, -0.2) is 13.1 Å². The van der Waals surface area contributed by atoms with E-state index in [1.165, 1.54) is 12.8 Å². The summed E-state index contributed by atoms with van der Waals surface area (Å²) in [6.45, 7) is 8.51. The van der Waals surface area contributed by atoms with E-state index in [2.05, 4.69) is 30.4 Å². The van der Waals surface area contributed by atoms with Crippen LogP contribution in [-0.4, -0.2) is 50.2 Å². The van der Waals surface area contributed by atoms with Crippen LogP contribution < -0.4 is 4.72 Å². The van der Waals surface area contributed by atoms with Gasteiger partial charge in [-0.3, -0.25) is 4.90 Å². The van der Waals surface area contributed by atoms with Gasteiger partial charge in [-0.2, -0.15) is 0 Å². The zero-order chi connectivity index (χ0) is 20.9. The summed E-state index contributed by atoms with van der Waals surface area (Å²) >= 11 is 0. The molecular formula is C24H36N2O3S. The molecule has 0 spiro atoms. The van der Waals surface area contributed by atoms with E-state index in [4.69, 9.17) is 0 Å². The van der Waals surface area contributed by atoms with Crippen LogP contribution in [0.15, 0.2) is 47.4 Å². The number of sulfonamides is 1. The minimum atomic E-state index is -3.69. The molecule has 1 saturated carbocycles. The molecule has 6 heteroatoms. The van der Waals surface area contributed by atoms with Crippen molar-refractivity contribution in [3.8, 4) is 0 Å². The fraction of sp³-hybridized carbons (Fsp3) is 0.583. The number of benzene rings is 2. The van der Waals surface area contributed by atoms with Gasteiger partial charge in [0.15, 0.2) is 0 Å². The summed E-state index contributed by atoms with van der Waals surface area (Å²) in [7, 11) is -3.69. The first kappa shape index (κ1) is 23.2. The molecule has 2 fully saturated rings. The molecule has 0 aromatic heterocycles. The average molecular weight is 433 g/mol. The SMILES string of the molecule is C.CC1(C)CC2C[C@@](C)(CN2C[C@@H](O)CNS(=O)(=O)c2cccc3ccccc23)C1. The number of hydrogen-bond acceptors (Lipinski definition) is 4. The van der Waals surface area contributed by atoms with Crippen molar-refractivity contribution in [2.45, 2.75) is 64.5 Å². The van der Waals surface area contributed by atoms with Crippen molar-refractivity contribution < 1.29 is 13.5 Å². The van der Waals surface area contributed by atoms with E-state index in [0.29, 0.717) is 28.8 Å². The molecule has 4 rings (SSSR count). The van der Waals surface area contributed by atoms with Gasteiger partial charge in [-0.15, -0.1) is 0 Å². The van der Waals surface area contributed by atoms with Gasteiger partial charge < -0.3 is 5.11 Å². The molecule has 1 aliphatic heterocycles. The quantitative estimate of drug-likeness (QED) is 0.723. The van der Waals surface area contributed by atoms with Crippen LogP contribution in [0.25, 0.3) is 10.8 Å². The van der Waals surface area contributed by atoms with Gasteiger partial charge in [0.2, 0.25) is 10.0 Å². The van der Waals surface area contributed by atoms with Crippen LogP contribution in [0.1, 0.15) is 47.5 Å². The third-order valence-corrected chi connectivity index (χ3v) is 8.00. The van der Waals surface area contributed by atoms with E-state index in [9.17, 15) is 13.5 Å². The van der Waals surface area contributed by atoms with Gasteiger partial charge in [0.05, 0.1) is 11.0 Å². The van der Waals surface area contributed by atoms with Gasteiger partial charge in [-0.1, -0.05) is 64.6 Å². The van der Waals surface area contributed by atoms with Crippen molar-refractivity contribution in [1.82, 2.24) is 9.62 Å². The lowest BCUT2D eigenvalue weighted by Gasteiger charge is -2.40. The van der Waals surface area contributed by atoms with Gasteiger partial charge in [0, 0.05) is 31.1 Å². The van der Waals surface area contributed by atoms with Crippen LogP contribution in [0.3, 0.4) is 0 Å². The normalized spacial score (nSPS) is 27.0. The maximum absolute atomic E-state index is 12.9. The molecule has 2 aromatic carbocycles. The Labute approximate surface area is 181 Å². The van der Waals surface area contributed by atoms with Crippen molar-refractivity contribution in [2.75, 3.05) is 19.6 Å². The highest BCUT2D eigenvalue weighted by Gasteiger charge is 2.49. The molecule has 2 aliphatic rings. The minimum Gasteiger partial charge on any atom is -0.390 e. The lowest BCUT2D eigenvalue weighted by atomic mass is 9.65. The van der Waals surface area contributed by atoms with Crippen LogP contribution in [0.5, 0.6) is 0 Å². The Balaban J connectivity index is 0.00000256. The second-order valence-electron chi connectivity index (χ2n) is 10.1. The molecule has 0 radical (unpaired) electrons. The number of fused-ring (bicyclic) bond motifs is 3. The number of aliphatic hydroxyl groups is 1. The molecule has 1 unspecified atom stereocenters. The molecule has 30 heavy (non-hydrogen) atoms. The van der Waals surface area contributed by atoms with Gasteiger partial charge in [0.1, 0.15) is 0 Å². The number of aliphatic hydroxyl groups excluding tert-OH is 1. The van der Waals surface area contributed by atoms with E-state index >= 15 is 0 Å².